The van der Waals surface area contributed by atoms with Crippen molar-refractivity contribution < 1.29 is 9.90 Å². The first-order chi connectivity index (χ1) is 7.20. The molecule has 0 aromatic carbocycles. The Hall–Kier alpha value is -1.56. The van der Waals surface area contributed by atoms with Gasteiger partial charge in [0.2, 0.25) is 5.95 Å². The van der Waals surface area contributed by atoms with Crippen LogP contribution in [-0.2, 0) is 7.05 Å². The molecule has 1 saturated heterocycles. The minimum absolute atomic E-state index is 0.225. The number of aromatic nitrogens is 2. The van der Waals surface area contributed by atoms with Crippen LogP contribution in [0.4, 0.5) is 5.95 Å². The van der Waals surface area contributed by atoms with Crippen LogP contribution in [0.2, 0.25) is 0 Å². The van der Waals surface area contributed by atoms with E-state index in [4.69, 9.17) is 5.11 Å². The van der Waals surface area contributed by atoms with E-state index in [9.17, 15) is 4.79 Å². The molecule has 1 fully saturated rings. The summed E-state index contributed by atoms with van der Waals surface area (Å²) in [5.41, 5.74) is 0.225. The van der Waals surface area contributed by atoms with Crippen molar-refractivity contribution in [1.82, 2.24) is 14.9 Å². The lowest BCUT2D eigenvalue weighted by Gasteiger charge is -2.28. The SMILES string of the molecule is Cn1c(C(=O)O)cnc1N1CCNCC1. The molecule has 1 aromatic rings. The van der Waals surface area contributed by atoms with Gasteiger partial charge in [-0.2, -0.15) is 0 Å². The van der Waals surface area contributed by atoms with Crippen LogP contribution < -0.4 is 10.2 Å². The van der Waals surface area contributed by atoms with Crippen LogP contribution >= 0.6 is 0 Å². The third-order valence-corrected chi connectivity index (χ3v) is 2.58. The highest BCUT2D eigenvalue weighted by Gasteiger charge is 2.18. The maximum absolute atomic E-state index is 10.8. The zero-order valence-electron chi connectivity index (χ0n) is 8.60. The van der Waals surface area contributed by atoms with E-state index >= 15 is 0 Å². The minimum Gasteiger partial charge on any atom is -0.477 e. The number of carboxylic acids is 1. The van der Waals surface area contributed by atoms with Crippen LogP contribution in [0.25, 0.3) is 0 Å². The van der Waals surface area contributed by atoms with Gasteiger partial charge in [0, 0.05) is 33.2 Å². The molecule has 0 unspecified atom stereocenters. The summed E-state index contributed by atoms with van der Waals surface area (Å²) in [5, 5.41) is 12.1. The standard InChI is InChI=1S/C9H14N4O2/c1-12-7(8(14)15)6-11-9(12)13-4-2-10-3-5-13/h6,10H,2-5H2,1H3,(H,14,15). The Morgan fingerprint density at radius 2 is 2.20 bits per heavy atom. The molecule has 1 aromatic heterocycles. The predicted octanol–water partition coefficient (Wildman–Crippen LogP) is -0.472. The Kier molecular flexibility index (Phi) is 2.59. The minimum atomic E-state index is -0.939. The lowest BCUT2D eigenvalue weighted by molar-refractivity contribution is 0.0686. The van der Waals surface area contributed by atoms with E-state index in [1.54, 1.807) is 11.6 Å². The van der Waals surface area contributed by atoms with Crippen LogP contribution in [0.1, 0.15) is 10.5 Å². The highest BCUT2D eigenvalue weighted by atomic mass is 16.4. The van der Waals surface area contributed by atoms with Gasteiger partial charge in [0.1, 0.15) is 5.69 Å². The molecular weight excluding hydrogens is 196 g/mol. The second-order valence-corrected chi connectivity index (χ2v) is 3.54. The summed E-state index contributed by atoms with van der Waals surface area (Å²) in [7, 11) is 1.73. The van der Waals surface area contributed by atoms with Crippen LogP contribution in [-0.4, -0.2) is 46.8 Å². The Morgan fingerprint density at radius 1 is 1.53 bits per heavy atom. The smallest absolute Gasteiger partial charge is 0.354 e. The number of rotatable bonds is 2. The highest BCUT2D eigenvalue weighted by Crippen LogP contribution is 2.14. The number of carbonyl (C=O) groups is 1. The van der Waals surface area contributed by atoms with Gasteiger partial charge in [0.05, 0.1) is 6.20 Å². The first kappa shape index (κ1) is 9.97. The summed E-state index contributed by atoms with van der Waals surface area (Å²) in [4.78, 5) is 17.1. The van der Waals surface area contributed by atoms with Crippen molar-refractivity contribution in [3.05, 3.63) is 11.9 Å². The first-order valence-electron chi connectivity index (χ1n) is 4.91. The second-order valence-electron chi connectivity index (χ2n) is 3.54. The van der Waals surface area contributed by atoms with Gasteiger partial charge in [-0.05, 0) is 0 Å². The van der Waals surface area contributed by atoms with Crippen molar-refractivity contribution in [2.45, 2.75) is 0 Å². The van der Waals surface area contributed by atoms with Gasteiger partial charge in [-0.3, -0.25) is 0 Å². The normalized spacial score (nSPS) is 16.7. The van der Waals surface area contributed by atoms with E-state index in [2.05, 4.69) is 15.2 Å². The lowest BCUT2D eigenvalue weighted by Crippen LogP contribution is -2.44. The van der Waals surface area contributed by atoms with Gasteiger partial charge >= 0.3 is 5.97 Å². The molecule has 0 bridgehead atoms. The van der Waals surface area contributed by atoms with E-state index in [1.165, 1.54) is 6.20 Å². The van der Waals surface area contributed by atoms with Crippen molar-refractivity contribution >= 4 is 11.9 Å². The number of piperazine rings is 1. The van der Waals surface area contributed by atoms with Crippen molar-refractivity contribution in [2.24, 2.45) is 7.05 Å². The zero-order chi connectivity index (χ0) is 10.8. The van der Waals surface area contributed by atoms with E-state index in [0.717, 1.165) is 32.1 Å². The monoisotopic (exact) mass is 210 g/mol. The topological polar surface area (TPSA) is 70.4 Å². The number of anilines is 1. The third kappa shape index (κ3) is 1.80. The summed E-state index contributed by atoms with van der Waals surface area (Å²) in [6.45, 7) is 3.55. The van der Waals surface area contributed by atoms with E-state index in [1.807, 2.05) is 0 Å². The fourth-order valence-corrected chi connectivity index (χ4v) is 1.76. The molecular formula is C9H14N4O2. The van der Waals surface area contributed by atoms with Gasteiger partial charge in [0.15, 0.2) is 0 Å². The number of imidazole rings is 1. The predicted molar refractivity (Wildman–Crippen MR) is 55.3 cm³/mol. The van der Waals surface area contributed by atoms with Crippen molar-refractivity contribution in [1.29, 1.82) is 0 Å². The van der Waals surface area contributed by atoms with Crippen molar-refractivity contribution in [3.8, 4) is 0 Å². The molecule has 0 atom stereocenters. The highest BCUT2D eigenvalue weighted by molar-refractivity contribution is 5.86. The summed E-state index contributed by atoms with van der Waals surface area (Å²) in [6.07, 6.45) is 1.40. The maximum Gasteiger partial charge on any atom is 0.354 e. The molecule has 0 radical (unpaired) electrons. The molecule has 1 aliphatic heterocycles. The van der Waals surface area contributed by atoms with Crippen LogP contribution in [0, 0.1) is 0 Å². The average molecular weight is 210 g/mol. The third-order valence-electron chi connectivity index (χ3n) is 2.58. The Labute approximate surface area is 87.5 Å². The fraction of sp³-hybridized carbons (Fsp3) is 0.556. The zero-order valence-corrected chi connectivity index (χ0v) is 8.60. The average Bonchev–Trinajstić information content (AvgIpc) is 2.61. The number of nitrogens with one attached hydrogen (secondary N) is 1. The number of aromatic carboxylic acids is 1. The molecule has 2 rings (SSSR count). The number of carboxylic acid groups (broad SMARTS) is 1. The molecule has 0 amide bonds. The molecule has 0 saturated carbocycles. The van der Waals surface area contributed by atoms with Gasteiger partial charge in [-0.25, -0.2) is 9.78 Å². The van der Waals surface area contributed by atoms with Gasteiger partial charge in [0.25, 0.3) is 0 Å². The summed E-state index contributed by atoms with van der Waals surface area (Å²) >= 11 is 0. The van der Waals surface area contributed by atoms with E-state index in [-0.39, 0.29) is 5.69 Å². The van der Waals surface area contributed by atoms with Crippen LogP contribution in [0.5, 0.6) is 0 Å². The molecule has 0 spiro atoms. The van der Waals surface area contributed by atoms with Crippen LogP contribution in [0.15, 0.2) is 6.20 Å². The number of hydrogen-bond acceptors (Lipinski definition) is 4. The lowest BCUT2D eigenvalue weighted by atomic mass is 10.4. The Bertz CT molecular complexity index is 368. The molecule has 1 aliphatic rings. The van der Waals surface area contributed by atoms with E-state index in [0.29, 0.717) is 0 Å². The van der Waals surface area contributed by atoms with Crippen molar-refractivity contribution in [3.63, 3.8) is 0 Å². The maximum atomic E-state index is 10.8. The molecule has 6 nitrogen and oxygen atoms in total. The summed E-state index contributed by atoms with van der Waals surface area (Å²) in [6, 6.07) is 0. The van der Waals surface area contributed by atoms with Gasteiger partial charge in [-0.1, -0.05) is 0 Å². The Morgan fingerprint density at radius 3 is 2.73 bits per heavy atom. The Balaban J connectivity index is 2.24. The molecule has 6 heteroatoms. The fourth-order valence-electron chi connectivity index (χ4n) is 1.76. The molecule has 15 heavy (non-hydrogen) atoms. The van der Waals surface area contributed by atoms with Gasteiger partial charge < -0.3 is 19.9 Å². The van der Waals surface area contributed by atoms with E-state index < -0.39 is 5.97 Å². The largest absolute Gasteiger partial charge is 0.477 e. The molecule has 0 aliphatic carbocycles. The quantitative estimate of drug-likeness (QED) is 0.690. The van der Waals surface area contributed by atoms with Gasteiger partial charge in [-0.15, -0.1) is 0 Å². The molecule has 2 N–H and O–H groups in total. The second kappa shape index (κ2) is 3.90. The first-order valence-corrected chi connectivity index (χ1v) is 4.91. The summed E-state index contributed by atoms with van der Waals surface area (Å²) in [5.74, 6) is -0.208. The summed E-state index contributed by atoms with van der Waals surface area (Å²) < 4.78 is 1.62. The van der Waals surface area contributed by atoms with Crippen molar-refractivity contribution in [2.75, 3.05) is 31.1 Å². The molecule has 82 valence electrons. The molecule has 2 heterocycles. The number of nitrogens with zero attached hydrogens (tertiary/aromatic N) is 3. The van der Waals surface area contributed by atoms with Crippen LogP contribution in [0.3, 0.4) is 0 Å². The number of hydrogen-bond donors (Lipinski definition) is 2.